The van der Waals surface area contributed by atoms with Crippen LogP contribution >= 0.6 is 23.2 Å². The number of amides is 2. The van der Waals surface area contributed by atoms with Gasteiger partial charge < -0.3 is 28.4 Å². The molecule has 1 saturated heterocycles. The minimum Gasteiger partial charge on any atom is -0.464 e. The fourth-order valence-electron chi connectivity index (χ4n) is 4.69. The maximum atomic E-state index is 13.9. The lowest BCUT2D eigenvalue weighted by Crippen LogP contribution is -2.47. The molecule has 212 valence electrons. The van der Waals surface area contributed by atoms with Gasteiger partial charge in [0, 0.05) is 37.7 Å². The van der Waals surface area contributed by atoms with Gasteiger partial charge in [0.2, 0.25) is 12.7 Å². The van der Waals surface area contributed by atoms with Crippen LogP contribution in [0.4, 0.5) is 0 Å². The molecular formula is C29H31Cl2N3O6. The van der Waals surface area contributed by atoms with E-state index in [9.17, 15) is 9.59 Å². The van der Waals surface area contributed by atoms with Gasteiger partial charge in [0.05, 0.1) is 30.3 Å². The van der Waals surface area contributed by atoms with Crippen molar-refractivity contribution in [1.82, 2.24) is 14.7 Å². The van der Waals surface area contributed by atoms with Crippen LogP contribution in [0, 0.1) is 6.92 Å². The van der Waals surface area contributed by atoms with Crippen LogP contribution in [0.15, 0.2) is 52.9 Å². The van der Waals surface area contributed by atoms with E-state index in [1.807, 2.05) is 37.3 Å². The van der Waals surface area contributed by atoms with Crippen LogP contribution in [0.25, 0.3) is 0 Å². The SMILES string of the molecule is Cc1ccc(CN(Cc2ccc3c(c2)OCO3)C(=O)CN(CCN2CCOCC2)C(=O)c2ccc(Cl)cc2Cl)o1. The van der Waals surface area contributed by atoms with E-state index in [1.165, 1.54) is 6.07 Å². The molecule has 0 bridgehead atoms. The Balaban J connectivity index is 1.37. The summed E-state index contributed by atoms with van der Waals surface area (Å²) in [6.45, 7) is 6.20. The van der Waals surface area contributed by atoms with Gasteiger partial charge in [-0.3, -0.25) is 14.5 Å². The zero-order chi connectivity index (χ0) is 28.1. The van der Waals surface area contributed by atoms with Crippen molar-refractivity contribution in [3.63, 3.8) is 0 Å². The summed E-state index contributed by atoms with van der Waals surface area (Å²) in [5, 5.41) is 0.672. The minimum absolute atomic E-state index is 0.133. The molecule has 1 fully saturated rings. The number of aryl methyl sites for hydroxylation is 1. The number of benzene rings is 2. The van der Waals surface area contributed by atoms with Crippen LogP contribution < -0.4 is 9.47 Å². The standard InChI is InChI=1S/C29H31Cl2N3O6/c1-20-2-5-23(40-20)17-34(16-21-3-7-26-27(14-21)39-19-38-26)28(35)18-33(9-8-32-10-12-37-13-11-32)29(36)24-6-4-22(30)15-25(24)31/h2-7,14-15H,8-13,16-19H2,1H3. The first-order chi connectivity index (χ1) is 19.4. The molecule has 0 atom stereocenters. The molecule has 0 saturated carbocycles. The molecule has 3 heterocycles. The van der Waals surface area contributed by atoms with Crippen molar-refractivity contribution in [1.29, 1.82) is 0 Å². The summed E-state index contributed by atoms with van der Waals surface area (Å²) in [6.07, 6.45) is 0. The Morgan fingerprint density at radius 2 is 1.73 bits per heavy atom. The van der Waals surface area contributed by atoms with Crippen LogP contribution in [-0.2, 0) is 22.6 Å². The molecule has 2 amide bonds. The van der Waals surface area contributed by atoms with Crippen LogP contribution in [0.1, 0.15) is 27.4 Å². The minimum atomic E-state index is -0.333. The Kier molecular flexibility index (Phi) is 9.16. The molecule has 40 heavy (non-hydrogen) atoms. The quantitative estimate of drug-likeness (QED) is 0.342. The van der Waals surface area contributed by atoms with E-state index in [-0.39, 0.29) is 36.7 Å². The summed E-state index contributed by atoms with van der Waals surface area (Å²) >= 11 is 12.5. The third-order valence-corrected chi connectivity index (χ3v) is 7.42. The van der Waals surface area contributed by atoms with Gasteiger partial charge in [-0.25, -0.2) is 0 Å². The van der Waals surface area contributed by atoms with E-state index in [1.54, 1.807) is 21.9 Å². The zero-order valence-corrected chi connectivity index (χ0v) is 23.7. The van der Waals surface area contributed by atoms with E-state index in [4.69, 9.17) is 41.8 Å². The summed E-state index contributed by atoms with van der Waals surface area (Å²) in [4.78, 5) is 33.0. The van der Waals surface area contributed by atoms with Gasteiger partial charge in [0.1, 0.15) is 18.1 Å². The Hall–Kier alpha value is -3.24. The first-order valence-corrected chi connectivity index (χ1v) is 13.9. The largest absolute Gasteiger partial charge is 0.464 e. The number of furan rings is 1. The van der Waals surface area contributed by atoms with E-state index in [0.29, 0.717) is 60.7 Å². The molecule has 0 N–H and O–H groups in total. The Bertz CT molecular complexity index is 1360. The molecule has 1 aromatic heterocycles. The average molecular weight is 588 g/mol. The molecule has 2 aliphatic rings. The van der Waals surface area contributed by atoms with Crippen molar-refractivity contribution < 1.29 is 28.2 Å². The number of halogens is 2. The Labute approximate surface area is 243 Å². The number of nitrogens with zero attached hydrogens (tertiary/aromatic N) is 3. The van der Waals surface area contributed by atoms with Crippen molar-refractivity contribution >= 4 is 35.0 Å². The van der Waals surface area contributed by atoms with Crippen LogP contribution in [0.5, 0.6) is 11.5 Å². The normalized spacial score (nSPS) is 14.8. The molecule has 3 aromatic rings. The highest BCUT2D eigenvalue weighted by Gasteiger charge is 2.26. The highest BCUT2D eigenvalue weighted by Crippen LogP contribution is 2.33. The second-order valence-electron chi connectivity index (χ2n) is 9.75. The van der Waals surface area contributed by atoms with Crippen molar-refractivity contribution in [2.45, 2.75) is 20.0 Å². The monoisotopic (exact) mass is 587 g/mol. The van der Waals surface area contributed by atoms with E-state index >= 15 is 0 Å². The number of carbonyl (C=O) groups is 2. The van der Waals surface area contributed by atoms with E-state index in [0.717, 1.165) is 24.4 Å². The summed E-state index contributed by atoms with van der Waals surface area (Å²) in [6, 6.07) is 14.1. The molecule has 0 unspecified atom stereocenters. The van der Waals surface area contributed by atoms with Gasteiger partial charge in [0.25, 0.3) is 5.91 Å². The number of ether oxygens (including phenoxy) is 3. The maximum absolute atomic E-state index is 13.9. The molecule has 9 nitrogen and oxygen atoms in total. The fraction of sp³-hybridized carbons (Fsp3) is 0.379. The smallest absolute Gasteiger partial charge is 0.255 e. The lowest BCUT2D eigenvalue weighted by Gasteiger charge is -2.31. The molecule has 0 radical (unpaired) electrons. The molecule has 0 spiro atoms. The fourth-order valence-corrected chi connectivity index (χ4v) is 5.18. The van der Waals surface area contributed by atoms with E-state index < -0.39 is 0 Å². The number of fused-ring (bicyclic) bond motifs is 1. The van der Waals surface area contributed by atoms with Gasteiger partial charge in [-0.2, -0.15) is 0 Å². The Morgan fingerprint density at radius 3 is 2.48 bits per heavy atom. The highest BCUT2D eigenvalue weighted by molar-refractivity contribution is 6.36. The summed E-state index contributed by atoms with van der Waals surface area (Å²) in [5.41, 5.74) is 1.16. The van der Waals surface area contributed by atoms with Gasteiger partial charge in [-0.15, -0.1) is 0 Å². The van der Waals surface area contributed by atoms with Gasteiger partial charge in [-0.05, 0) is 55.0 Å². The van der Waals surface area contributed by atoms with Crippen molar-refractivity contribution in [2.75, 3.05) is 52.7 Å². The predicted molar refractivity (Wildman–Crippen MR) is 150 cm³/mol. The molecule has 2 aromatic carbocycles. The van der Waals surface area contributed by atoms with Crippen molar-refractivity contribution in [3.8, 4) is 11.5 Å². The second-order valence-corrected chi connectivity index (χ2v) is 10.6. The van der Waals surface area contributed by atoms with Gasteiger partial charge in [0.15, 0.2) is 11.5 Å². The van der Waals surface area contributed by atoms with Crippen molar-refractivity contribution in [3.05, 3.63) is 81.2 Å². The first-order valence-electron chi connectivity index (χ1n) is 13.1. The third-order valence-electron chi connectivity index (χ3n) is 6.87. The predicted octanol–water partition coefficient (Wildman–Crippen LogP) is 4.63. The number of hydrogen-bond donors (Lipinski definition) is 0. The summed E-state index contributed by atoms with van der Waals surface area (Å²) in [5.74, 6) is 2.15. The average Bonchev–Trinajstić information content (AvgIpc) is 3.59. The van der Waals surface area contributed by atoms with E-state index in [2.05, 4.69) is 4.90 Å². The van der Waals surface area contributed by atoms with Crippen molar-refractivity contribution in [2.24, 2.45) is 0 Å². The molecule has 2 aliphatic heterocycles. The second kappa shape index (κ2) is 13.0. The van der Waals surface area contributed by atoms with Crippen LogP contribution in [0.3, 0.4) is 0 Å². The third kappa shape index (κ3) is 7.09. The Morgan fingerprint density at radius 1 is 0.925 bits per heavy atom. The van der Waals surface area contributed by atoms with Gasteiger partial charge in [-0.1, -0.05) is 29.3 Å². The molecule has 0 aliphatic carbocycles. The number of hydrogen-bond acceptors (Lipinski definition) is 7. The molecular weight excluding hydrogens is 557 g/mol. The first kappa shape index (κ1) is 28.3. The number of rotatable bonds is 10. The summed E-state index contributed by atoms with van der Waals surface area (Å²) in [7, 11) is 0. The zero-order valence-electron chi connectivity index (χ0n) is 22.2. The summed E-state index contributed by atoms with van der Waals surface area (Å²) < 4.78 is 22.2. The van der Waals surface area contributed by atoms with Crippen LogP contribution in [-0.4, -0.2) is 79.2 Å². The number of morpholine rings is 1. The number of carbonyl (C=O) groups excluding carboxylic acids is 2. The topological polar surface area (TPSA) is 84.7 Å². The highest BCUT2D eigenvalue weighted by atomic mass is 35.5. The van der Waals surface area contributed by atoms with Gasteiger partial charge >= 0.3 is 0 Å². The molecule has 11 heteroatoms. The lowest BCUT2D eigenvalue weighted by molar-refractivity contribution is -0.133. The molecule has 5 rings (SSSR count). The maximum Gasteiger partial charge on any atom is 0.255 e. The van der Waals surface area contributed by atoms with Crippen LogP contribution in [0.2, 0.25) is 10.0 Å². The lowest BCUT2D eigenvalue weighted by atomic mass is 10.1.